The summed E-state index contributed by atoms with van der Waals surface area (Å²) in [5.41, 5.74) is 0.327. The lowest BCUT2D eigenvalue weighted by Gasteiger charge is -2.04. The van der Waals surface area contributed by atoms with E-state index in [2.05, 4.69) is 0 Å². The Morgan fingerprint density at radius 3 is 2.41 bits per heavy atom. The van der Waals surface area contributed by atoms with Crippen LogP contribution in [-0.4, -0.2) is 21.7 Å². The number of ketones is 1. The molecule has 1 aliphatic carbocycles. The molecule has 1 aliphatic rings. The molecule has 2 unspecified atom stereocenters. The summed E-state index contributed by atoms with van der Waals surface area (Å²) in [5, 5.41) is 9.45. The molecule has 0 aromatic heterocycles. The maximum Gasteiger partial charge on any atom is 0.325 e. The first-order valence-corrected chi connectivity index (χ1v) is 5.91. The molecule has 1 N–H and O–H groups in total. The fourth-order valence-electron chi connectivity index (χ4n) is 1.63. The second-order valence-corrected chi connectivity index (χ2v) is 5.41. The van der Waals surface area contributed by atoms with Gasteiger partial charge in [-0.15, -0.1) is 11.6 Å². The van der Waals surface area contributed by atoms with Gasteiger partial charge in [-0.25, -0.2) is 0 Å². The van der Waals surface area contributed by atoms with Crippen molar-refractivity contribution < 1.29 is 14.7 Å². The third kappa shape index (κ3) is 2.15. The van der Waals surface area contributed by atoms with Gasteiger partial charge in [0, 0.05) is 5.56 Å². The number of Topliss-reactive ketones (excluding diaryl/α,β-unsaturated/α-hetero) is 1. The molecule has 0 bridgehead atoms. The predicted octanol–water partition coefficient (Wildman–Crippen LogP) is 3.26. The Hall–Kier alpha value is -0.770. The van der Waals surface area contributed by atoms with Crippen LogP contribution in [0.4, 0.5) is 0 Å². The zero-order valence-corrected chi connectivity index (χ0v) is 10.7. The smallest absolute Gasteiger partial charge is 0.325 e. The largest absolute Gasteiger partial charge is 0.480 e. The average molecular weight is 294 g/mol. The van der Waals surface area contributed by atoms with Gasteiger partial charge in [0.2, 0.25) is 0 Å². The second kappa shape index (κ2) is 4.16. The number of alkyl halides is 1. The third-order valence-electron chi connectivity index (χ3n) is 2.77. The first-order valence-electron chi connectivity index (χ1n) is 4.78. The highest BCUT2D eigenvalue weighted by Crippen LogP contribution is 2.51. The van der Waals surface area contributed by atoms with Gasteiger partial charge in [0.1, 0.15) is 0 Å². The Labute approximate surface area is 112 Å². The summed E-state index contributed by atoms with van der Waals surface area (Å²) in [6, 6.07) is 4.42. The van der Waals surface area contributed by atoms with Gasteiger partial charge in [-0.3, -0.25) is 9.59 Å². The minimum absolute atomic E-state index is 0.142. The highest BCUT2D eigenvalue weighted by atomic mass is 35.5. The highest BCUT2D eigenvalue weighted by molar-refractivity contribution is 6.42. The quantitative estimate of drug-likeness (QED) is 0.687. The van der Waals surface area contributed by atoms with E-state index in [0.717, 1.165) is 0 Å². The van der Waals surface area contributed by atoms with Crippen LogP contribution < -0.4 is 0 Å². The summed E-state index contributed by atoms with van der Waals surface area (Å²) in [6.07, 6.45) is 0.142. The van der Waals surface area contributed by atoms with E-state index in [9.17, 15) is 9.59 Å². The Bertz CT molecular complexity index is 515. The van der Waals surface area contributed by atoms with Crippen LogP contribution in [0.1, 0.15) is 16.8 Å². The van der Waals surface area contributed by atoms with Gasteiger partial charge in [0.15, 0.2) is 10.7 Å². The SMILES string of the molecule is O=C(c1ccc(Cl)c(Cl)c1)C1CC1(Cl)C(=O)O. The van der Waals surface area contributed by atoms with E-state index in [1.54, 1.807) is 0 Å². The number of aliphatic carboxylic acids is 1. The minimum atomic E-state index is -1.46. The van der Waals surface area contributed by atoms with E-state index in [-0.39, 0.29) is 17.2 Å². The molecule has 1 fully saturated rings. The van der Waals surface area contributed by atoms with Crippen molar-refractivity contribution in [1.29, 1.82) is 0 Å². The fourth-order valence-corrected chi connectivity index (χ4v) is 2.18. The van der Waals surface area contributed by atoms with Crippen LogP contribution in [0.2, 0.25) is 10.0 Å². The van der Waals surface area contributed by atoms with Crippen molar-refractivity contribution in [2.45, 2.75) is 11.3 Å². The van der Waals surface area contributed by atoms with E-state index < -0.39 is 16.8 Å². The van der Waals surface area contributed by atoms with Crippen molar-refractivity contribution in [3.8, 4) is 0 Å². The molecular weight excluding hydrogens is 286 g/mol. The van der Waals surface area contributed by atoms with Gasteiger partial charge < -0.3 is 5.11 Å². The van der Waals surface area contributed by atoms with Crippen molar-refractivity contribution in [2.75, 3.05) is 0 Å². The Balaban J connectivity index is 2.23. The summed E-state index contributed by atoms with van der Waals surface area (Å²) < 4.78 is 0. The molecule has 6 heteroatoms. The van der Waals surface area contributed by atoms with E-state index in [1.807, 2.05) is 0 Å². The van der Waals surface area contributed by atoms with Crippen LogP contribution in [0.15, 0.2) is 18.2 Å². The van der Waals surface area contributed by atoms with E-state index >= 15 is 0 Å². The first-order chi connectivity index (χ1) is 7.86. The Kier molecular flexibility index (Phi) is 3.10. The summed E-state index contributed by atoms with van der Waals surface area (Å²) in [6.45, 7) is 0. The molecule has 1 aromatic rings. The van der Waals surface area contributed by atoms with Crippen LogP contribution >= 0.6 is 34.8 Å². The van der Waals surface area contributed by atoms with Crippen LogP contribution in [-0.2, 0) is 4.79 Å². The number of rotatable bonds is 3. The zero-order valence-electron chi connectivity index (χ0n) is 8.41. The predicted molar refractivity (Wildman–Crippen MR) is 65.1 cm³/mol. The van der Waals surface area contributed by atoms with Gasteiger partial charge in [0.05, 0.1) is 16.0 Å². The normalized spacial score (nSPS) is 26.6. The van der Waals surface area contributed by atoms with E-state index in [1.165, 1.54) is 18.2 Å². The Morgan fingerprint density at radius 2 is 1.94 bits per heavy atom. The number of carbonyl (C=O) groups excluding carboxylic acids is 1. The number of hydrogen-bond donors (Lipinski definition) is 1. The molecule has 1 aromatic carbocycles. The highest BCUT2D eigenvalue weighted by Gasteiger charge is 2.63. The number of carboxylic acid groups (broad SMARTS) is 1. The maximum absolute atomic E-state index is 11.9. The van der Waals surface area contributed by atoms with Crippen molar-refractivity contribution in [3.05, 3.63) is 33.8 Å². The van der Waals surface area contributed by atoms with Crippen LogP contribution in [0.25, 0.3) is 0 Å². The van der Waals surface area contributed by atoms with Gasteiger partial charge in [-0.05, 0) is 24.6 Å². The summed E-state index contributed by atoms with van der Waals surface area (Å²) in [4.78, 5) is 21.3. The molecule has 0 amide bonds. The van der Waals surface area contributed by atoms with Crippen LogP contribution in [0.3, 0.4) is 0 Å². The third-order valence-corrected chi connectivity index (χ3v) is 4.09. The van der Waals surface area contributed by atoms with E-state index in [0.29, 0.717) is 10.6 Å². The maximum atomic E-state index is 11.9. The molecule has 2 atom stereocenters. The van der Waals surface area contributed by atoms with Crippen molar-refractivity contribution in [2.24, 2.45) is 5.92 Å². The van der Waals surface area contributed by atoms with Gasteiger partial charge in [0.25, 0.3) is 0 Å². The lowest BCUT2D eigenvalue weighted by molar-refractivity contribution is -0.137. The molecule has 90 valence electrons. The number of halogens is 3. The first kappa shape index (κ1) is 12.7. The summed E-state index contributed by atoms with van der Waals surface area (Å²) >= 11 is 17.3. The number of benzene rings is 1. The van der Waals surface area contributed by atoms with Gasteiger partial charge in [-0.2, -0.15) is 0 Å². The molecule has 0 spiro atoms. The van der Waals surface area contributed by atoms with Gasteiger partial charge >= 0.3 is 5.97 Å². The van der Waals surface area contributed by atoms with Crippen molar-refractivity contribution in [1.82, 2.24) is 0 Å². The molecule has 0 radical (unpaired) electrons. The fraction of sp³-hybridized carbons (Fsp3) is 0.273. The standard InChI is InChI=1S/C11H7Cl3O3/c12-7-2-1-5(3-8(7)13)9(15)6-4-11(6,14)10(16)17/h1-3,6H,4H2,(H,16,17). The summed E-state index contributed by atoms with van der Waals surface area (Å²) in [7, 11) is 0. The van der Waals surface area contributed by atoms with Crippen molar-refractivity contribution >= 4 is 46.6 Å². The molecule has 1 saturated carbocycles. The molecule has 3 nitrogen and oxygen atoms in total. The molecule has 17 heavy (non-hydrogen) atoms. The Morgan fingerprint density at radius 1 is 1.29 bits per heavy atom. The number of hydrogen-bond acceptors (Lipinski definition) is 2. The molecule has 0 aliphatic heterocycles. The molecule has 0 saturated heterocycles. The van der Waals surface area contributed by atoms with E-state index in [4.69, 9.17) is 39.9 Å². The van der Waals surface area contributed by atoms with Gasteiger partial charge in [-0.1, -0.05) is 23.2 Å². The molecular formula is C11H7Cl3O3. The molecule has 2 rings (SSSR count). The van der Waals surface area contributed by atoms with Crippen LogP contribution in [0, 0.1) is 5.92 Å². The lowest BCUT2D eigenvalue weighted by atomic mass is 10.1. The van der Waals surface area contributed by atoms with Crippen LogP contribution in [0.5, 0.6) is 0 Å². The lowest BCUT2D eigenvalue weighted by Crippen LogP contribution is -2.21. The minimum Gasteiger partial charge on any atom is -0.480 e. The average Bonchev–Trinajstić information content (AvgIpc) is 2.95. The summed E-state index contributed by atoms with van der Waals surface area (Å²) in [5.74, 6) is -2.18. The topological polar surface area (TPSA) is 54.4 Å². The molecule has 0 heterocycles. The zero-order chi connectivity index (χ0) is 12.8. The second-order valence-electron chi connectivity index (χ2n) is 3.92. The monoisotopic (exact) mass is 292 g/mol. The number of carboxylic acids is 1. The number of carbonyl (C=O) groups is 2. The van der Waals surface area contributed by atoms with Crippen molar-refractivity contribution in [3.63, 3.8) is 0 Å².